The second kappa shape index (κ2) is 11.3. The number of nitrogen functional groups attached to an aromatic ring is 1. The normalized spacial score (nSPS) is 17.4. The summed E-state index contributed by atoms with van der Waals surface area (Å²) in [5, 5.41) is -0.392. The van der Waals surface area contributed by atoms with Crippen LogP contribution in [0.25, 0.3) is 11.3 Å². The van der Waals surface area contributed by atoms with Crippen molar-refractivity contribution in [2.75, 3.05) is 12.3 Å². The molecule has 1 fully saturated rings. The lowest BCUT2D eigenvalue weighted by molar-refractivity contribution is 0.0972. The van der Waals surface area contributed by atoms with E-state index in [0.717, 1.165) is 19.3 Å². The van der Waals surface area contributed by atoms with Gasteiger partial charge in [-0.05, 0) is 67.5 Å². The number of anilines is 1. The average Bonchev–Trinajstić information content (AvgIpc) is 3.26. The van der Waals surface area contributed by atoms with Crippen LogP contribution in [0.1, 0.15) is 50.4 Å². The quantitative estimate of drug-likeness (QED) is 0.401. The van der Waals surface area contributed by atoms with Crippen molar-refractivity contribution in [3.8, 4) is 22.9 Å². The number of nitrogens with zero attached hydrogens (tertiary/aromatic N) is 2. The van der Waals surface area contributed by atoms with Crippen LogP contribution in [0.5, 0.6) is 11.6 Å². The molecule has 2 aromatic heterocycles. The number of sulfonamides is 1. The number of hydrogen-bond acceptors (Lipinski definition) is 8. The number of carbonyl (C=O) groups excluding carboxylic acids is 1. The van der Waals surface area contributed by atoms with Crippen molar-refractivity contribution in [3.63, 3.8) is 0 Å². The molecule has 4 rings (SSSR count). The number of aromatic nitrogens is 2. The molecule has 202 valence electrons. The summed E-state index contributed by atoms with van der Waals surface area (Å²) in [7, 11) is -4.31. The maximum Gasteiger partial charge on any atom is 0.281 e. The molecule has 3 N–H and O–H groups in total. The predicted octanol–water partition coefficient (Wildman–Crippen LogP) is 4.59. The van der Waals surface area contributed by atoms with Crippen LogP contribution >= 0.6 is 0 Å². The standard InChI is InChI=1S/C27H31FN4O5S/c1-16(2)15-36-21-13-18(12-19(28)14-21)23-10-9-22(27(30-23)37-20-8-7-17(3)11-20)26(33)32-38(34,35)25-6-4-5-24(29)31-25/h4-6,9-10,12-14,16-17,20H,7-8,11,15H2,1-3H3,(H2,29,31)(H,32,33). The third-order valence-electron chi connectivity index (χ3n) is 6.03. The zero-order chi connectivity index (χ0) is 27.4. The molecule has 0 saturated heterocycles. The van der Waals surface area contributed by atoms with Gasteiger partial charge in [0.2, 0.25) is 5.88 Å². The molecule has 1 amide bonds. The van der Waals surface area contributed by atoms with Gasteiger partial charge in [0.15, 0.2) is 5.03 Å². The zero-order valence-electron chi connectivity index (χ0n) is 21.5. The van der Waals surface area contributed by atoms with Gasteiger partial charge in [0.25, 0.3) is 15.9 Å². The predicted molar refractivity (Wildman–Crippen MR) is 141 cm³/mol. The molecule has 11 heteroatoms. The van der Waals surface area contributed by atoms with Crippen molar-refractivity contribution in [1.82, 2.24) is 14.7 Å². The Bertz CT molecular complexity index is 1430. The van der Waals surface area contributed by atoms with Gasteiger partial charge >= 0.3 is 0 Å². The van der Waals surface area contributed by atoms with Gasteiger partial charge in [0.1, 0.15) is 29.1 Å². The van der Waals surface area contributed by atoms with Crippen molar-refractivity contribution in [2.45, 2.75) is 51.2 Å². The molecule has 0 radical (unpaired) electrons. The summed E-state index contributed by atoms with van der Waals surface area (Å²) < 4.78 is 53.8. The van der Waals surface area contributed by atoms with Crippen LogP contribution in [0, 0.1) is 17.7 Å². The molecule has 1 saturated carbocycles. The minimum Gasteiger partial charge on any atom is -0.493 e. The van der Waals surface area contributed by atoms with Gasteiger partial charge in [-0.1, -0.05) is 26.8 Å². The Morgan fingerprint density at radius 1 is 1.16 bits per heavy atom. The fraction of sp³-hybridized carbons (Fsp3) is 0.370. The fourth-order valence-corrected chi connectivity index (χ4v) is 5.09. The number of nitrogens with one attached hydrogen (secondary N) is 1. The molecule has 9 nitrogen and oxygen atoms in total. The molecule has 1 aromatic carbocycles. The summed E-state index contributed by atoms with van der Waals surface area (Å²) >= 11 is 0. The number of halogens is 1. The summed E-state index contributed by atoms with van der Waals surface area (Å²) in [5.41, 5.74) is 6.29. The smallest absolute Gasteiger partial charge is 0.281 e. The van der Waals surface area contributed by atoms with E-state index in [1.165, 1.54) is 42.5 Å². The molecular weight excluding hydrogens is 511 g/mol. The third-order valence-corrected chi connectivity index (χ3v) is 7.26. The van der Waals surface area contributed by atoms with E-state index in [9.17, 15) is 17.6 Å². The lowest BCUT2D eigenvalue weighted by Crippen LogP contribution is -2.32. The van der Waals surface area contributed by atoms with E-state index in [0.29, 0.717) is 29.5 Å². The first kappa shape index (κ1) is 27.3. The minimum atomic E-state index is -4.31. The molecule has 0 spiro atoms. The Morgan fingerprint density at radius 2 is 1.95 bits per heavy atom. The second-order valence-electron chi connectivity index (χ2n) is 9.92. The van der Waals surface area contributed by atoms with Crippen molar-refractivity contribution >= 4 is 21.7 Å². The van der Waals surface area contributed by atoms with E-state index in [1.54, 1.807) is 6.07 Å². The highest BCUT2D eigenvalue weighted by molar-refractivity contribution is 7.90. The van der Waals surface area contributed by atoms with Gasteiger partial charge in [-0.3, -0.25) is 4.79 Å². The van der Waals surface area contributed by atoms with Crippen LogP contribution in [0.4, 0.5) is 10.2 Å². The molecule has 38 heavy (non-hydrogen) atoms. The molecule has 2 heterocycles. The highest BCUT2D eigenvalue weighted by Gasteiger charge is 2.28. The second-order valence-corrected chi connectivity index (χ2v) is 11.6. The first-order valence-corrected chi connectivity index (χ1v) is 13.9. The van der Waals surface area contributed by atoms with Gasteiger partial charge in [-0.15, -0.1) is 0 Å². The summed E-state index contributed by atoms with van der Waals surface area (Å²) in [4.78, 5) is 21.4. The lowest BCUT2D eigenvalue weighted by Gasteiger charge is -2.17. The summed E-state index contributed by atoms with van der Waals surface area (Å²) in [6.45, 7) is 6.50. The van der Waals surface area contributed by atoms with Crippen LogP contribution in [0.3, 0.4) is 0 Å². The number of ether oxygens (including phenoxy) is 2. The summed E-state index contributed by atoms with van der Waals surface area (Å²) in [6.07, 6.45) is 2.31. The van der Waals surface area contributed by atoms with Crippen LogP contribution in [0.15, 0.2) is 53.6 Å². The Balaban J connectivity index is 1.67. The third kappa shape index (κ3) is 6.77. The molecular formula is C27H31FN4O5S. The highest BCUT2D eigenvalue weighted by atomic mass is 32.2. The van der Waals surface area contributed by atoms with E-state index >= 15 is 0 Å². The topological polar surface area (TPSA) is 134 Å². The Labute approximate surface area is 221 Å². The van der Waals surface area contributed by atoms with Crippen LogP contribution < -0.4 is 19.9 Å². The zero-order valence-corrected chi connectivity index (χ0v) is 22.3. The molecule has 0 aliphatic heterocycles. The largest absolute Gasteiger partial charge is 0.493 e. The molecule has 3 aromatic rings. The number of rotatable bonds is 9. The van der Waals surface area contributed by atoms with Crippen molar-refractivity contribution in [3.05, 3.63) is 59.9 Å². The highest BCUT2D eigenvalue weighted by Crippen LogP contribution is 2.32. The number of pyridine rings is 2. The number of hydrogen-bond donors (Lipinski definition) is 2. The molecule has 2 atom stereocenters. The first-order valence-electron chi connectivity index (χ1n) is 12.4. The number of carbonyl (C=O) groups is 1. The van der Waals surface area contributed by atoms with E-state index in [2.05, 4.69) is 16.9 Å². The SMILES string of the molecule is CC(C)COc1cc(F)cc(-c2ccc(C(=O)NS(=O)(=O)c3cccc(N)n3)c(OC3CCC(C)C3)n2)c1. The van der Waals surface area contributed by atoms with Crippen molar-refractivity contribution < 1.29 is 27.1 Å². The first-order chi connectivity index (χ1) is 18.0. The van der Waals surface area contributed by atoms with Gasteiger partial charge in [-0.25, -0.2) is 19.1 Å². The number of nitrogens with two attached hydrogens (primary N) is 1. The fourth-order valence-electron chi connectivity index (χ4n) is 4.15. The van der Waals surface area contributed by atoms with Crippen molar-refractivity contribution in [1.29, 1.82) is 0 Å². The molecule has 2 unspecified atom stereocenters. The van der Waals surface area contributed by atoms with Gasteiger partial charge in [-0.2, -0.15) is 8.42 Å². The Hall–Kier alpha value is -3.73. The van der Waals surface area contributed by atoms with E-state index in [1.807, 2.05) is 18.6 Å². The summed E-state index contributed by atoms with van der Waals surface area (Å²) in [6, 6.07) is 11.3. The maximum absolute atomic E-state index is 14.4. The molecule has 0 bridgehead atoms. The Kier molecular flexibility index (Phi) is 8.15. The van der Waals surface area contributed by atoms with E-state index in [4.69, 9.17) is 15.2 Å². The van der Waals surface area contributed by atoms with Gasteiger partial charge in [0, 0.05) is 11.6 Å². The number of amides is 1. The van der Waals surface area contributed by atoms with Gasteiger partial charge in [0.05, 0.1) is 12.3 Å². The monoisotopic (exact) mass is 542 g/mol. The average molecular weight is 543 g/mol. The lowest BCUT2D eigenvalue weighted by atomic mass is 10.1. The Morgan fingerprint density at radius 3 is 2.63 bits per heavy atom. The molecule has 1 aliphatic rings. The van der Waals surface area contributed by atoms with E-state index < -0.39 is 26.8 Å². The van der Waals surface area contributed by atoms with Crippen LogP contribution in [-0.4, -0.2) is 37.0 Å². The minimum absolute atomic E-state index is 0.00226. The van der Waals surface area contributed by atoms with Crippen molar-refractivity contribution in [2.24, 2.45) is 11.8 Å². The summed E-state index contributed by atoms with van der Waals surface area (Å²) in [5.74, 6) is -0.428. The van der Waals surface area contributed by atoms with Crippen LogP contribution in [-0.2, 0) is 10.0 Å². The molecule has 1 aliphatic carbocycles. The van der Waals surface area contributed by atoms with E-state index in [-0.39, 0.29) is 29.3 Å². The maximum atomic E-state index is 14.4. The van der Waals surface area contributed by atoms with Crippen LogP contribution in [0.2, 0.25) is 0 Å². The number of benzene rings is 1. The van der Waals surface area contributed by atoms with Gasteiger partial charge < -0.3 is 15.2 Å².